The topological polar surface area (TPSA) is 47.6 Å². The van der Waals surface area contributed by atoms with E-state index < -0.39 is 0 Å². The zero-order chi connectivity index (χ0) is 20.3. The number of rotatable bonds is 6. The maximum absolute atomic E-state index is 11.9. The van der Waals surface area contributed by atoms with Crippen LogP contribution >= 0.6 is 58.8 Å². The summed E-state index contributed by atoms with van der Waals surface area (Å²) in [6, 6.07) is 8.68. The van der Waals surface area contributed by atoms with Gasteiger partial charge in [0.05, 0.1) is 16.5 Å². The molecule has 28 heavy (non-hydrogen) atoms. The minimum atomic E-state index is -0.238. The van der Waals surface area contributed by atoms with Crippen molar-refractivity contribution in [2.75, 3.05) is 6.61 Å². The lowest BCUT2D eigenvalue weighted by atomic mass is 10.1. The summed E-state index contributed by atoms with van der Waals surface area (Å²) in [6.45, 7) is 2.40. The molecule has 1 saturated heterocycles. The van der Waals surface area contributed by atoms with Crippen LogP contribution in [0.1, 0.15) is 18.1 Å². The molecule has 0 spiro atoms. The summed E-state index contributed by atoms with van der Waals surface area (Å²) in [5, 5.41) is 3.92. The predicted molar refractivity (Wildman–Crippen MR) is 120 cm³/mol. The Hall–Kier alpha value is -1.44. The van der Waals surface area contributed by atoms with E-state index in [0.29, 0.717) is 53.5 Å². The first kappa shape index (κ1) is 21.3. The minimum Gasteiger partial charge on any atom is -0.490 e. The Morgan fingerprint density at radius 1 is 1.14 bits per heavy atom. The van der Waals surface area contributed by atoms with Gasteiger partial charge >= 0.3 is 0 Å². The molecule has 2 aromatic rings. The van der Waals surface area contributed by atoms with E-state index in [1.54, 1.807) is 36.4 Å². The monoisotopic (exact) mass is 473 g/mol. The molecule has 0 aliphatic carbocycles. The summed E-state index contributed by atoms with van der Waals surface area (Å²) in [5.41, 5.74) is 1.35. The third-order valence-corrected chi connectivity index (χ3v) is 5.85. The van der Waals surface area contributed by atoms with E-state index in [9.17, 15) is 4.79 Å². The highest BCUT2D eigenvalue weighted by Gasteiger charge is 2.22. The number of amides is 1. The average Bonchev–Trinajstić information content (AvgIpc) is 2.93. The van der Waals surface area contributed by atoms with Gasteiger partial charge in [0.25, 0.3) is 5.91 Å². The van der Waals surface area contributed by atoms with Crippen LogP contribution in [-0.2, 0) is 11.4 Å². The number of carbonyl (C=O) groups is 1. The molecule has 0 aromatic heterocycles. The van der Waals surface area contributed by atoms with Crippen LogP contribution in [0.25, 0.3) is 6.08 Å². The fourth-order valence-electron chi connectivity index (χ4n) is 2.46. The molecule has 0 atom stereocenters. The molecule has 146 valence electrons. The SMILES string of the molecule is CCOc1cc(/C=C2/SC(=S)NC2=O)cc(Cl)c1OCc1c(Cl)cccc1Cl. The summed E-state index contributed by atoms with van der Waals surface area (Å²) < 4.78 is 12.0. The van der Waals surface area contributed by atoms with Crippen LogP contribution in [-0.4, -0.2) is 16.8 Å². The summed E-state index contributed by atoms with van der Waals surface area (Å²) >= 11 is 25.0. The second kappa shape index (κ2) is 9.37. The number of hydrogen-bond donors (Lipinski definition) is 1. The van der Waals surface area contributed by atoms with Crippen molar-refractivity contribution in [2.45, 2.75) is 13.5 Å². The normalized spacial score (nSPS) is 15.1. The van der Waals surface area contributed by atoms with E-state index >= 15 is 0 Å². The molecule has 2 aromatic carbocycles. The van der Waals surface area contributed by atoms with Gasteiger partial charge in [-0.25, -0.2) is 0 Å². The van der Waals surface area contributed by atoms with Crippen LogP contribution in [0.4, 0.5) is 0 Å². The van der Waals surface area contributed by atoms with Crippen molar-refractivity contribution in [3.05, 3.63) is 61.4 Å². The largest absolute Gasteiger partial charge is 0.490 e. The molecular weight excluding hydrogens is 461 g/mol. The highest BCUT2D eigenvalue weighted by Crippen LogP contribution is 2.39. The van der Waals surface area contributed by atoms with E-state index in [1.807, 2.05) is 6.92 Å². The summed E-state index contributed by atoms with van der Waals surface area (Å²) in [7, 11) is 0. The van der Waals surface area contributed by atoms with Gasteiger partial charge in [0.15, 0.2) is 11.5 Å². The second-order valence-electron chi connectivity index (χ2n) is 5.60. The van der Waals surface area contributed by atoms with Crippen LogP contribution in [0, 0.1) is 0 Å². The van der Waals surface area contributed by atoms with Crippen molar-refractivity contribution in [3.8, 4) is 11.5 Å². The van der Waals surface area contributed by atoms with E-state index in [0.717, 1.165) is 0 Å². The molecule has 1 amide bonds. The number of thiocarbonyl (C=S) groups is 1. The molecule has 0 radical (unpaired) electrons. The van der Waals surface area contributed by atoms with E-state index in [-0.39, 0.29) is 12.5 Å². The number of benzene rings is 2. The number of ether oxygens (including phenoxy) is 2. The van der Waals surface area contributed by atoms with Gasteiger partial charge in [-0.2, -0.15) is 0 Å². The molecule has 3 rings (SSSR count). The number of carbonyl (C=O) groups excluding carboxylic acids is 1. The van der Waals surface area contributed by atoms with E-state index in [2.05, 4.69) is 5.32 Å². The molecule has 1 aliphatic rings. The summed E-state index contributed by atoms with van der Waals surface area (Å²) in [6.07, 6.45) is 1.70. The Bertz CT molecular complexity index is 959. The van der Waals surface area contributed by atoms with Crippen molar-refractivity contribution in [1.82, 2.24) is 5.32 Å². The van der Waals surface area contributed by atoms with Crippen molar-refractivity contribution in [2.24, 2.45) is 0 Å². The smallest absolute Gasteiger partial charge is 0.263 e. The molecule has 1 fully saturated rings. The van der Waals surface area contributed by atoms with Crippen molar-refractivity contribution in [1.29, 1.82) is 0 Å². The molecule has 1 aliphatic heterocycles. The number of thioether (sulfide) groups is 1. The first-order valence-electron chi connectivity index (χ1n) is 8.16. The zero-order valence-electron chi connectivity index (χ0n) is 14.6. The number of hydrogen-bond acceptors (Lipinski definition) is 5. The van der Waals surface area contributed by atoms with E-state index in [4.69, 9.17) is 56.5 Å². The molecule has 4 nitrogen and oxygen atoms in total. The lowest BCUT2D eigenvalue weighted by Crippen LogP contribution is -2.17. The van der Waals surface area contributed by atoms with Crippen LogP contribution in [0.2, 0.25) is 15.1 Å². The third kappa shape index (κ3) is 4.93. The van der Waals surface area contributed by atoms with Crippen LogP contribution < -0.4 is 14.8 Å². The lowest BCUT2D eigenvalue weighted by Gasteiger charge is -2.15. The maximum Gasteiger partial charge on any atom is 0.263 e. The standard InChI is InChI=1S/C19H14Cl3NO3S2/c1-2-25-15-7-10(8-16-18(24)23-19(27)28-16)6-14(22)17(15)26-9-11-12(20)4-3-5-13(11)21/h3-8H,2,9H2,1H3,(H,23,24,27)/b16-8+. The Morgan fingerprint density at radius 2 is 1.86 bits per heavy atom. The third-order valence-electron chi connectivity index (χ3n) is 3.69. The first-order valence-corrected chi connectivity index (χ1v) is 10.5. The minimum absolute atomic E-state index is 0.130. The number of nitrogens with one attached hydrogen (secondary N) is 1. The van der Waals surface area contributed by atoms with Crippen LogP contribution in [0.3, 0.4) is 0 Å². The van der Waals surface area contributed by atoms with Gasteiger partial charge in [-0.1, -0.05) is 64.8 Å². The highest BCUT2D eigenvalue weighted by atomic mass is 35.5. The Labute approximate surface area is 187 Å². The maximum atomic E-state index is 11.9. The quantitative estimate of drug-likeness (QED) is 0.404. The highest BCUT2D eigenvalue weighted by molar-refractivity contribution is 8.26. The predicted octanol–water partition coefficient (Wildman–Crippen LogP) is 6.11. The average molecular weight is 475 g/mol. The zero-order valence-corrected chi connectivity index (χ0v) is 18.5. The van der Waals surface area contributed by atoms with Gasteiger partial charge in [-0.05, 0) is 42.8 Å². The van der Waals surface area contributed by atoms with Crippen molar-refractivity contribution < 1.29 is 14.3 Å². The lowest BCUT2D eigenvalue weighted by molar-refractivity contribution is -0.115. The summed E-state index contributed by atoms with van der Waals surface area (Å²) in [4.78, 5) is 12.4. The van der Waals surface area contributed by atoms with Crippen LogP contribution in [0.15, 0.2) is 35.2 Å². The summed E-state index contributed by atoms with van der Waals surface area (Å²) in [5.74, 6) is 0.592. The molecule has 0 saturated carbocycles. The Kier molecular flexibility index (Phi) is 7.12. The second-order valence-corrected chi connectivity index (χ2v) is 8.54. The van der Waals surface area contributed by atoms with Gasteiger partial charge in [-0.15, -0.1) is 0 Å². The molecule has 1 heterocycles. The molecular formula is C19H14Cl3NO3S2. The van der Waals surface area contributed by atoms with Crippen molar-refractivity contribution in [3.63, 3.8) is 0 Å². The molecule has 0 unspecified atom stereocenters. The van der Waals surface area contributed by atoms with Crippen LogP contribution in [0.5, 0.6) is 11.5 Å². The van der Waals surface area contributed by atoms with Gasteiger partial charge in [0.2, 0.25) is 0 Å². The number of halogens is 3. The van der Waals surface area contributed by atoms with E-state index in [1.165, 1.54) is 11.8 Å². The van der Waals surface area contributed by atoms with Gasteiger partial charge in [-0.3, -0.25) is 4.79 Å². The Balaban J connectivity index is 1.90. The Morgan fingerprint density at radius 3 is 2.46 bits per heavy atom. The molecule has 1 N–H and O–H groups in total. The first-order chi connectivity index (χ1) is 13.4. The van der Waals surface area contributed by atoms with Gasteiger partial charge in [0, 0.05) is 15.6 Å². The fourth-order valence-corrected chi connectivity index (χ4v) is 4.29. The molecule has 0 bridgehead atoms. The van der Waals surface area contributed by atoms with Gasteiger partial charge < -0.3 is 14.8 Å². The van der Waals surface area contributed by atoms with Gasteiger partial charge in [0.1, 0.15) is 10.9 Å². The molecule has 9 heteroatoms. The van der Waals surface area contributed by atoms with Crippen molar-refractivity contribution >= 4 is 75.1 Å². The fraction of sp³-hybridized carbons (Fsp3) is 0.158.